The van der Waals surface area contributed by atoms with Gasteiger partial charge in [-0.15, -0.1) is 5.10 Å². The van der Waals surface area contributed by atoms with E-state index in [9.17, 15) is 18.0 Å². The molecule has 0 bridgehead atoms. The van der Waals surface area contributed by atoms with Crippen LogP contribution in [0.25, 0.3) is 0 Å². The van der Waals surface area contributed by atoms with Gasteiger partial charge in [0.2, 0.25) is 0 Å². The standard InChI is InChI=1S/C8H9F3N4O/c9-8(10,11)4-1-2-15-5(3-4)6(7(12)16)13-14-15/h4H,1-3H2,(H2,12,16). The molecule has 2 rings (SSSR count). The van der Waals surface area contributed by atoms with Crippen LogP contribution in [0.4, 0.5) is 13.2 Å². The van der Waals surface area contributed by atoms with Crippen LogP contribution in [0, 0.1) is 5.92 Å². The van der Waals surface area contributed by atoms with Crippen molar-refractivity contribution in [3.05, 3.63) is 11.4 Å². The van der Waals surface area contributed by atoms with Crippen molar-refractivity contribution in [2.24, 2.45) is 11.7 Å². The average molecular weight is 234 g/mol. The van der Waals surface area contributed by atoms with E-state index >= 15 is 0 Å². The van der Waals surface area contributed by atoms with Gasteiger partial charge in [0.25, 0.3) is 5.91 Å². The van der Waals surface area contributed by atoms with Crippen LogP contribution >= 0.6 is 0 Å². The lowest BCUT2D eigenvalue weighted by molar-refractivity contribution is -0.179. The van der Waals surface area contributed by atoms with Crippen molar-refractivity contribution in [3.8, 4) is 0 Å². The number of carbonyl (C=O) groups excluding carboxylic acids is 1. The van der Waals surface area contributed by atoms with Crippen molar-refractivity contribution in [2.45, 2.75) is 25.6 Å². The Hall–Kier alpha value is -1.60. The fourth-order valence-electron chi connectivity index (χ4n) is 1.80. The number of rotatable bonds is 1. The van der Waals surface area contributed by atoms with E-state index < -0.39 is 18.0 Å². The van der Waals surface area contributed by atoms with E-state index in [1.54, 1.807) is 0 Å². The highest BCUT2D eigenvalue weighted by molar-refractivity contribution is 5.91. The van der Waals surface area contributed by atoms with Crippen LogP contribution in [0.15, 0.2) is 0 Å². The summed E-state index contributed by atoms with van der Waals surface area (Å²) in [5, 5.41) is 7.08. The van der Waals surface area contributed by atoms with Gasteiger partial charge in [0.05, 0.1) is 11.6 Å². The smallest absolute Gasteiger partial charge is 0.364 e. The number of carbonyl (C=O) groups is 1. The summed E-state index contributed by atoms with van der Waals surface area (Å²) < 4.78 is 38.8. The van der Waals surface area contributed by atoms with Crippen LogP contribution in [0.2, 0.25) is 0 Å². The fourth-order valence-corrected chi connectivity index (χ4v) is 1.80. The van der Waals surface area contributed by atoms with Gasteiger partial charge in [-0.1, -0.05) is 5.21 Å². The Labute approximate surface area is 88.4 Å². The van der Waals surface area contributed by atoms with Gasteiger partial charge in [-0.25, -0.2) is 4.68 Å². The summed E-state index contributed by atoms with van der Waals surface area (Å²) in [6.45, 7) is 0.111. The number of aromatic nitrogens is 3. The van der Waals surface area contributed by atoms with Gasteiger partial charge in [-0.3, -0.25) is 4.79 Å². The number of amides is 1. The highest BCUT2D eigenvalue weighted by Crippen LogP contribution is 2.35. The van der Waals surface area contributed by atoms with Gasteiger partial charge >= 0.3 is 6.18 Å². The Morgan fingerprint density at radius 3 is 2.75 bits per heavy atom. The third-order valence-electron chi connectivity index (χ3n) is 2.66. The Bertz CT molecular complexity index is 425. The summed E-state index contributed by atoms with van der Waals surface area (Å²) in [7, 11) is 0. The highest BCUT2D eigenvalue weighted by Gasteiger charge is 2.42. The van der Waals surface area contributed by atoms with Gasteiger partial charge in [-0.05, 0) is 6.42 Å². The van der Waals surface area contributed by atoms with Crippen molar-refractivity contribution >= 4 is 5.91 Å². The van der Waals surface area contributed by atoms with Crippen molar-refractivity contribution in [3.63, 3.8) is 0 Å². The SMILES string of the molecule is NC(=O)c1nnn2c1CC(C(F)(F)F)CC2. The zero-order valence-corrected chi connectivity index (χ0v) is 8.16. The maximum atomic E-state index is 12.5. The lowest BCUT2D eigenvalue weighted by Crippen LogP contribution is -2.32. The maximum Gasteiger partial charge on any atom is 0.392 e. The first-order valence-corrected chi connectivity index (χ1v) is 4.68. The third-order valence-corrected chi connectivity index (χ3v) is 2.66. The molecular formula is C8H9F3N4O. The second kappa shape index (κ2) is 3.46. The number of halogens is 3. The molecule has 1 aromatic heterocycles. The molecule has 0 aromatic carbocycles. The number of primary amides is 1. The van der Waals surface area contributed by atoms with E-state index in [1.165, 1.54) is 4.68 Å². The molecule has 1 aromatic rings. The first kappa shape index (κ1) is 10.9. The second-order valence-corrected chi connectivity index (χ2v) is 3.70. The molecule has 0 aliphatic carbocycles. The number of hydrogen-bond acceptors (Lipinski definition) is 3. The monoisotopic (exact) mass is 234 g/mol. The van der Waals surface area contributed by atoms with Crippen LogP contribution < -0.4 is 5.73 Å². The van der Waals surface area contributed by atoms with Crippen molar-refractivity contribution in [1.82, 2.24) is 15.0 Å². The molecule has 5 nitrogen and oxygen atoms in total. The number of nitrogens with two attached hydrogens (primary N) is 1. The van der Waals surface area contributed by atoms with E-state index in [0.717, 1.165) is 0 Å². The quantitative estimate of drug-likeness (QED) is 0.769. The molecule has 1 unspecified atom stereocenters. The predicted octanol–water partition coefficient (Wildman–Crippen LogP) is 0.502. The predicted molar refractivity (Wildman–Crippen MR) is 46.4 cm³/mol. The fraction of sp³-hybridized carbons (Fsp3) is 0.625. The molecule has 88 valence electrons. The Morgan fingerprint density at radius 2 is 2.19 bits per heavy atom. The third kappa shape index (κ3) is 1.74. The van der Waals surface area contributed by atoms with Crippen LogP contribution in [0.1, 0.15) is 22.6 Å². The van der Waals surface area contributed by atoms with E-state index in [0.29, 0.717) is 0 Å². The number of hydrogen-bond donors (Lipinski definition) is 1. The number of aryl methyl sites for hydroxylation is 1. The molecule has 16 heavy (non-hydrogen) atoms. The van der Waals surface area contributed by atoms with Gasteiger partial charge in [0, 0.05) is 13.0 Å². The van der Waals surface area contributed by atoms with Crippen molar-refractivity contribution < 1.29 is 18.0 Å². The summed E-state index contributed by atoms with van der Waals surface area (Å²) in [5.41, 5.74) is 5.02. The Kier molecular flexibility index (Phi) is 2.36. The minimum Gasteiger partial charge on any atom is -0.364 e. The van der Waals surface area contributed by atoms with Crippen molar-refractivity contribution in [2.75, 3.05) is 0 Å². The van der Waals surface area contributed by atoms with Crippen LogP contribution in [-0.4, -0.2) is 27.1 Å². The summed E-state index contributed by atoms with van der Waals surface area (Å²) in [5.74, 6) is -2.29. The minimum absolute atomic E-state index is 0.0436. The van der Waals surface area contributed by atoms with Crippen molar-refractivity contribution in [1.29, 1.82) is 0 Å². The molecule has 2 heterocycles. The molecular weight excluding hydrogens is 225 g/mol. The first-order valence-electron chi connectivity index (χ1n) is 4.68. The summed E-state index contributed by atoms with van der Waals surface area (Å²) in [4.78, 5) is 10.9. The van der Waals surface area contributed by atoms with Crippen LogP contribution in [0.5, 0.6) is 0 Å². The molecule has 8 heteroatoms. The normalized spacial score (nSPS) is 20.6. The van der Waals surface area contributed by atoms with E-state index in [-0.39, 0.29) is 30.8 Å². The zero-order chi connectivity index (χ0) is 11.9. The highest BCUT2D eigenvalue weighted by atomic mass is 19.4. The molecule has 1 aliphatic heterocycles. The van der Waals surface area contributed by atoms with E-state index in [4.69, 9.17) is 5.73 Å². The van der Waals surface area contributed by atoms with E-state index in [2.05, 4.69) is 10.3 Å². The summed E-state index contributed by atoms with van der Waals surface area (Å²) in [6, 6.07) is 0. The largest absolute Gasteiger partial charge is 0.392 e. The second-order valence-electron chi connectivity index (χ2n) is 3.70. The number of nitrogens with zero attached hydrogens (tertiary/aromatic N) is 3. The maximum absolute atomic E-state index is 12.5. The zero-order valence-electron chi connectivity index (χ0n) is 8.16. The Balaban J connectivity index is 2.31. The molecule has 1 aliphatic rings. The molecule has 0 fully saturated rings. The molecule has 0 radical (unpaired) electrons. The molecule has 0 spiro atoms. The lowest BCUT2D eigenvalue weighted by atomic mass is 9.94. The van der Waals surface area contributed by atoms with Gasteiger partial charge < -0.3 is 5.73 Å². The van der Waals surface area contributed by atoms with E-state index in [1.807, 2.05) is 0 Å². The Morgan fingerprint density at radius 1 is 1.50 bits per heavy atom. The van der Waals surface area contributed by atoms with Gasteiger partial charge in [0.1, 0.15) is 0 Å². The van der Waals surface area contributed by atoms with Crippen LogP contribution in [0.3, 0.4) is 0 Å². The summed E-state index contributed by atoms with van der Waals surface area (Å²) in [6.07, 6.45) is -4.59. The van der Waals surface area contributed by atoms with Gasteiger partial charge in [-0.2, -0.15) is 13.2 Å². The molecule has 0 saturated heterocycles. The lowest BCUT2D eigenvalue weighted by Gasteiger charge is -2.24. The summed E-state index contributed by atoms with van der Waals surface area (Å²) >= 11 is 0. The number of alkyl halides is 3. The molecule has 0 saturated carbocycles. The molecule has 2 N–H and O–H groups in total. The van der Waals surface area contributed by atoms with Crippen LogP contribution in [-0.2, 0) is 13.0 Å². The topological polar surface area (TPSA) is 73.8 Å². The van der Waals surface area contributed by atoms with Gasteiger partial charge in [0.15, 0.2) is 5.69 Å². The minimum atomic E-state index is -4.26. The first-order chi connectivity index (χ1) is 7.39. The number of fused-ring (bicyclic) bond motifs is 1. The molecule has 1 amide bonds. The molecule has 1 atom stereocenters. The average Bonchev–Trinajstić information content (AvgIpc) is 2.58.